The second kappa shape index (κ2) is 7.61. The molecule has 1 aliphatic heterocycles. The van der Waals surface area contributed by atoms with Crippen LogP contribution in [-0.4, -0.2) is 43.5 Å². The molecule has 1 amide bonds. The van der Waals surface area contributed by atoms with Crippen LogP contribution in [-0.2, 0) is 6.54 Å². The van der Waals surface area contributed by atoms with Gasteiger partial charge in [-0.1, -0.05) is 30.3 Å². The molecule has 1 saturated heterocycles. The number of aromatic nitrogens is 3. The second-order valence-electron chi connectivity index (χ2n) is 6.86. The first-order chi connectivity index (χ1) is 13.2. The van der Waals surface area contributed by atoms with Crippen molar-refractivity contribution in [2.24, 2.45) is 0 Å². The van der Waals surface area contributed by atoms with Gasteiger partial charge in [0.25, 0.3) is 5.91 Å². The molecular weight excluding hydrogens is 340 g/mol. The molecule has 3 heterocycles. The van der Waals surface area contributed by atoms with E-state index in [0.717, 1.165) is 25.2 Å². The van der Waals surface area contributed by atoms with E-state index in [1.54, 1.807) is 11.0 Å². The van der Waals surface area contributed by atoms with Crippen molar-refractivity contribution >= 4 is 5.91 Å². The minimum absolute atomic E-state index is 0.0739. The van der Waals surface area contributed by atoms with Gasteiger partial charge in [0.2, 0.25) is 0 Å². The Hall–Kier alpha value is -3.15. The van der Waals surface area contributed by atoms with Crippen molar-refractivity contribution in [1.82, 2.24) is 19.4 Å². The second-order valence-corrected chi connectivity index (χ2v) is 6.86. The van der Waals surface area contributed by atoms with E-state index in [4.69, 9.17) is 0 Å². The number of aromatic hydroxyl groups is 1. The topological polar surface area (TPSA) is 71.2 Å². The van der Waals surface area contributed by atoms with E-state index in [-0.39, 0.29) is 23.3 Å². The number of hydrogen-bond acceptors (Lipinski definition) is 4. The van der Waals surface area contributed by atoms with Crippen molar-refractivity contribution in [2.75, 3.05) is 13.1 Å². The molecule has 0 aliphatic carbocycles. The minimum Gasteiger partial charge on any atom is -0.505 e. The number of benzene rings is 1. The lowest BCUT2D eigenvalue weighted by Crippen LogP contribution is -2.40. The monoisotopic (exact) mass is 362 g/mol. The number of amides is 1. The molecule has 138 valence electrons. The molecule has 0 spiro atoms. The highest BCUT2D eigenvalue weighted by molar-refractivity contribution is 5.94. The highest BCUT2D eigenvalue weighted by atomic mass is 16.3. The molecule has 6 nitrogen and oxygen atoms in total. The van der Waals surface area contributed by atoms with Gasteiger partial charge in [0, 0.05) is 44.1 Å². The van der Waals surface area contributed by atoms with Gasteiger partial charge in [-0.2, -0.15) is 0 Å². The van der Waals surface area contributed by atoms with Crippen LogP contribution in [0.15, 0.2) is 61.1 Å². The predicted molar refractivity (Wildman–Crippen MR) is 102 cm³/mol. The molecule has 1 aliphatic rings. The number of hydrogen-bond donors (Lipinski definition) is 1. The smallest absolute Gasteiger partial charge is 0.276 e. The number of rotatable bonds is 4. The lowest BCUT2D eigenvalue weighted by molar-refractivity contribution is 0.0694. The maximum absolute atomic E-state index is 12.8. The molecule has 0 radical (unpaired) electrons. The summed E-state index contributed by atoms with van der Waals surface area (Å²) in [6.07, 6.45) is 7.24. The number of likely N-dealkylation sites (tertiary alicyclic amines) is 1. The summed E-state index contributed by atoms with van der Waals surface area (Å²) < 4.78 is 2.16. The molecule has 3 aromatic rings. The van der Waals surface area contributed by atoms with Gasteiger partial charge in [-0.05, 0) is 30.5 Å². The van der Waals surface area contributed by atoms with Crippen LogP contribution in [0.1, 0.15) is 40.6 Å². The molecule has 1 aromatic carbocycles. The van der Waals surface area contributed by atoms with Crippen LogP contribution < -0.4 is 0 Å². The Morgan fingerprint density at radius 1 is 1.11 bits per heavy atom. The number of carbonyl (C=O) groups excluding carboxylic acids is 1. The van der Waals surface area contributed by atoms with Crippen molar-refractivity contribution in [1.29, 1.82) is 0 Å². The van der Waals surface area contributed by atoms with E-state index < -0.39 is 0 Å². The summed E-state index contributed by atoms with van der Waals surface area (Å²) >= 11 is 0. The third-order valence-electron chi connectivity index (χ3n) is 5.01. The van der Waals surface area contributed by atoms with Crippen molar-refractivity contribution in [3.8, 4) is 5.75 Å². The molecule has 0 unspecified atom stereocenters. The van der Waals surface area contributed by atoms with Gasteiger partial charge in [0.05, 0.1) is 0 Å². The van der Waals surface area contributed by atoms with E-state index in [9.17, 15) is 9.90 Å². The first-order valence-electron chi connectivity index (χ1n) is 9.20. The van der Waals surface area contributed by atoms with Gasteiger partial charge < -0.3 is 14.6 Å². The summed E-state index contributed by atoms with van der Waals surface area (Å²) in [5.74, 6) is 0.878. The maximum atomic E-state index is 12.8. The summed E-state index contributed by atoms with van der Waals surface area (Å²) in [6, 6.07) is 13.4. The summed E-state index contributed by atoms with van der Waals surface area (Å²) in [6.45, 7) is 2.02. The SMILES string of the molecule is O=C(c1ncccc1O)N1CCC[C@H](c2nccn2Cc2ccccc2)C1. The Bertz CT molecular complexity index is 923. The first-order valence-corrected chi connectivity index (χ1v) is 9.20. The average molecular weight is 362 g/mol. The molecular formula is C21H22N4O2. The molecule has 2 aromatic heterocycles. The largest absolute Gasteiger partial charge is 0.505 e. The Balaban J connectivity index is 1.52. The third-order valence-corrected chi connectivity index (χ3v) is 5.01. The standard InChI is InChI=1S/C21H22N4O2/c26-18-9-4-10-22-19(18)21(27)25-12-5-8-17(15-25)20-23-11-13-24(20)14-16-6-2-1-3-7-16/h1-4,6-7,9-11,13,17,26H,5,8,12,14-15H2/t17-/m0/s1. The van der Waals surface area contributed by atoms with Crippen molar-refractivity contribution in [3.05, 3.63) is 78.1 Å². The summed E-state index contributed by atoms with van der Waals surface area (Å²) in [5, 5.41) is 9.94. The molecule has 1 atom stereocenters. The van der Waals surface area contributed by atoms with E-state index in [2.05, 4.69) is 26.7 Å². The van der Waals surface area contributed by atoms with E-state index >= 15 is 0 Å². The minimum atomic E-state index is -0.223. The fraction of sp³-hybridized carbons (Fsp3) is 0.286. The third kappa shape index (κ3) is 3.69. The Kier molecular flexibility index (Phi) is 4.87. The highest BCUT2D eigenvalue weighted by Gasteiger charge is 2.29. The predicted octanol–water partition coefficient (Wildman–Crippen LogP) is 3.05. The van der Waals surface area contributed by atoms with Gasteiger partial charge in [-0.25, -0.2) is 9.97 Å². The van der Waals surface area contributed by atoms with Crippen LogP contribution in [0.5, 0.6) is 5.75 Å². The summed E-state index contributed by atoms with van der Waals surface area (Å²) in [4.78, 5) is 23.2. The molecule has 4 rings (SSSR count). The lowest BCUT2D eigenvalue weighted by atomic mass is 9.96. The van der Waals surface area contributed by atoms with Crippen molar-refractivity contribution < 1.29 is 9.90 Å². The van der Waals surface area contributed by atoms with Gasteiger partial charge in [0.1, 0.15) is 11.6 Å². The van der Waals surface area contributed by atoms with Gasteiger partial charge in [-0.15, -0.1) is 0 Å². The van der Waals surface area contributed by atoms with Gasteiger partial charge >= 0.3 is 0 Å². The zero-order chi connectivity index (χ0) is 18.6. The molecule has 6 heteroatoms. The Morgan fingerprint density at radius 2 is 1.96 bits per heavy atom. The van der Waals surface area contributed by atoms with Crippen LogP contribution in [0.25, 0.3) is 0 Å². The zero-order valence-electron chi connectivity index (χ0n) is 15.0. The fourth-order valence-corrected chi connectivity index (χ4v) is 3.68. The number of pyridine rings is 1. The maximum Gasteiger partial charge on any atom is 0.276 e. The van der Waals surface area contributed by atoms with Crippen LogP contribution in [0.2, 0.25) is 0 Å². The quantitative estimate of drug-likeness (QED) is 0.774. The van der Waals surface area contributed by atoms with Crippen LogP contribution in [0.3, 0.4) is 0 Å². The van der Waals surface area contributed by atoms with E-state index in [1.807, 2.05) is 30.6 Å². The van der Waals surface area contributed by atoms with Crippen LogP contribution in [0, 0.1) is 0 Å². The van der Waals surface area contributed by atoms with Gasteiger partial charge in [-0.3, -0.25) is 4.79 Å². The number of imidazole rings is 1. The molecule has 0 bridgehead atoms. The van der Waals surface area contributed by atoms with Crippen LogP contribution in [0.4, 0.5) is 0 Å². The van der Waals surface area contributed by atoms with E-state index in [1.165, 1.54) is 17.8 Å². The van der Waals surface area contributed by atoms with Crippen LogP contribution >= 0.6 is 0 Å². The van der Waals surface area contributed by atoms with Gasteiger partial charge in [0.15, 0.2) is 5.69 Å². The normalized spacial score (nSPS) is 17.0. The fourth-order valence-electron chi connectivity index (χ4n) is 3.68. The number of nitrogens with zero attached hydrogens (tertiary/aromatic N) is 4. The molecule has 1 N–H and O–H groups in total. The number of piperidine rings is 1. The van der Waals surface area contributed by atoms with Crippen molar-refractivity contribution in [2.45, 2.75) is 25.3 Å². The first kappa shape index (κ1) is 17.3. The summed E-state index contributed by atoms with van der Waals surface area (Å²) in [5.41, 5.74) is 1.34. The molecule has 0 saturated carbocycles. The number of carbonyl (C=O) groups is 1. The Labute approximate surface area is 158 Å². The molecule has 27 heavy (non-hydrogen) atoms. The zero-order valence-corrected chi connectivity index (χ0v) is 15.0. The van der Waals surface area contributed by atoms with E-state index in [0.29, 0.717) is 13.1 Å². The Morgan fingerprint density at radius 3 is 2.78 bits per heavy atom. The lowest BCUT2D eigenvalue weighted by Gasteiger charge is -2.32. The molecule has 1 fully saturated rings. The highest BCUT2D eigenvalue weighted by Crippen LogP contribution is 2.28. The summed E-state index contributed by atoms with van der Waals surface area (Å²) in [7, 11) is 0. The van der Waals surface area contributed by atoms with Crippen molar-refractivity contribution in [3.63, 3.8) is 0 Å². The average Bonchev–Trinajstić information content (AvgIpc) is 3.17.